The van der Waals surface area contributed by atoms with Gasteiger partial charge in [0.25, 0.3) is 0 Å². The average molecular weight is 278 g/mol. The molecule has 9 heteroatoms. The van der Waals surface area contributed by atoms with Crippen molar-refractivity contribution in [2.24, 2.45) is 10.2 Å². The summed E-state index contributed by atoms with van der Waals surface area (Å²) in [6, 6.07) is 7.16. The molecule has 1 aromatic rings. The minimum Gasteiger partial charge on any atom is -0.192 e. The van der Waals surface area contributed by atoms with E-state index in [1.54, 1.807) is 0 Å². The Balaban J connectivity index is 2.48. The van der Waals surface area contributed by atoms with Gasteiger partial charge in [0.15, 0.2) is 5.71 Å². The molecule has 0 unspecified atom stereocenters. The minimum absolute atomic E-state index is 0.0989. The molecule has 0 saturated heterocycles. The van der Waals surface area contributed by atoms with Crippen LogP contribution in [0.4, 0.5) is 13.2 Å². The van der Waals surface area contributed by atoms with E-state index in [-0.39, 0.29) is 5.56 Å². The molecule has 0 atom stereocenters. The van der Waals surface area contributed by atoms with Crippen LogP contribution in [0.3, 0.4) is 0 Å². The van der Waals surface area contributed by atoms with Crippen molar-refractivity contribution in [2.45, 2.75) is 6.18 Å². The van der Waals surface area contributed by atoms with Crippen LogP contribution in [0.2, 0.25) is 0 Å². The van der Waals surface area contributed by atoms with Crippen LogP contribution in [-0.4, -0.2) is 22.7 Å². The number of rotatable bonds is 1. The van der Waals surface area contributed by atoms with Gasteiger partial charge in [-0.1, -0.05) is 17.3 Å². The fourth-order valence-electron chi connectivity index (χ4n) is 1.46. The zero-order valence-electron chi connectivity index (χ0n) is 9.68. The number of nitrogens with one attached hydrogen (secondary N) is 1. The maximum Gasteiger partial charge on any atom is 0.437 e. The zero-order valence-corrected chi connectivity index (χ0v) is 9.68. The first-order valence-corrected chi connectivity index (χ1v) is 5.15. The number of nitrogens with zero attached hydrogens (tertiary/aromatic N) is 5. The van der Waals surface area contributed by atoms with Gasteiger partial charge in [0.2, 0.25) is 6.19 Å². The molecule has 1 N–H and O–H groups in total. The van der Waals surface area contributed by atoms with E-state index in [4.69, 9.17) is 10.5 Å². The van der Waals surface area contributed by atoms with Gasteiger partial charge in [-0.05, 0) is 12.1 Å². The third-order valence-electron chi connectivity index (χ3n) is 2.33. The second-order valence-electron chi connectivity index (χ2n) is 3.61. The molecule has 0 fully saturated rings. The van der Waals surface area contributed by atoms with Gasteiger partial charge >= 0.3 is 6.18 Å². The third-order valence-corrected chi connectivity index (χ3v) is 2.33. The predicted octanol–water partition coefficient (Wildman–Crippen LogP) is 1.48. The van der Waals surface area contributed by atoms with E-state index in [1.807, 2.05) is 11.6 Å². The van der Waals surface area contributed by atoms with E-state index in [2.05, 4.69) is 10.2 Å². The van der Waals surface area contributed by atoms with Crippen LogP contribution >= 0.6 is 0 Å². The average Bonchev–Trinajstić information content (AvgIpc) is 2.45. The van der Waals surface area contributed by atoms with Crippen molar-refractivity contribution in [3.8, 4) is 12.3 Å². The van der Waals surface area contributed by atoms with E-state index in [0.717, 1.165) is 0 Å². The molecule has 2 rings (SSSR count). The number of alkyl halides is 3. The summed E-state index contributed by atoms with van der Waals surface area (Å²) in [5.74, 6) is 0. The van der Waals surface area contributed by atoms with E-state index in [9.17, 15) is 13.2 Å². The van der Waals surface area contributed by atoms with E-state index in [1.165, 1.54) is 30.5 Å². The summed E-state index contributed by atoms with van der Waals surface area (Å²) in [7, 11) is 0. The van der Waals surface area contributed by atoms with Gasteiger partial charge in [-0.2, -0.15) is 34.3 Å². The number of benzene rings is 1. The topological polar surface area (TPSA) is 87.6 Å². The quantitative estimate of drug-likeness (QED) is 0.788. The highest BCUT2D eigenvalue weighted by molar-refractivity contribution is 6.50. The number of hydrazone groups is 2. The Kier molecular flexibility index (Phi) is 3.27. The highest BCUT2D eigenvalue weighted by atomic mass is 19.4. The molecule has 0 aliphatic carbocycles. The summed E-state index contributed by atoms with van der Waals surface area (Å²) >= 11 is 0. The predicted molar refractivity (Wildman–Crippen MR) is 61.8 cm³/mol. The van der Waals surface area contributed by atoms with Gasteiger partial charge in [0.1, 0.15) is 5.71 Å². The SMILES string of the molecule is N#Cc1ccc(C2=NN(C#N)NN=C2C(F)(F)F)cc1. The number of hydrogen-bond acceptors (Lipinski definition) is 6. The molecule has 1 heterocycles. The van der Waals surface area contributed by atoms with Crippen LogP contribution in [0, 0.1) is 22.8 Å². The molecular formula is C11H5F3N6. The summed E-state index contributed by atoms with van der Waals surface area (Å²) in [5, 5.41) is 24.4. The molecule has 1 aliphatic heterocycles. The number of hydrazine groups is 1. The van der Waals surface area contributed by atoms with Crippen LogP contribution in [0.25, 0.3) is 0 Å². The summed E-state index contributed by atoms with van der Waals surface area (Å²) in [4.78, 5) is 0. The largest absolute Gasteiger partial charge is 0.437 e. The normalized spacial score (nSPS) is 14.6. The Morgan fingerprint density at radius 2 is 1.80 bits per heavy atom. The summed E-state index contributed by atoms with van der Waals surface area (Å²) in [5.41, 5.74) is 0.504. The van der Waals surface area contributed by atoms with Crippen molar-refractivity contribution >= 4 is 11.4 Å². The van der Waals surface area contributed by atoms with Crippen LogP contribution in [0.5, 0.6) is 0 Å². The lowest BCUT2D eigenvalue weighted by atomic mass is 10.0. The van der Waals surface area contributed by atoms with Gasteiger partial charge in [0, 0.05) is 5.56 Å². The molecule has 0 bridgehead atoms. The highest BCUT2D eigenvalue weighted by Gasteiger charge is 2.42. The fourth-order valence-corrected chi connectivity index (χ4v) is 1.46. The third kappa shape index (κ3) is 2.52. The Hall–Kier alpha value is -3.07. The first-order chi connectivity index (χ1) is 9.45. The molecule has 20 heavy (non-hydrogen) atoms. The smallest absolute Gasteiger partial charge is 0.192 e. The van der Waals surface area contributed by atoms with Crippen molar-refractivity contribution in [3.63, 3.8) is 0 Å². The lowest BCUT2D eigenvalue weighted by Crippen LogP contribution is -2.42. The second-order valence-corrected chi connectivity index (χ2v) is 3.61. The zero-order chi connectivity index (χ0) is 14.8. The Morgan fingerprint density at radius 3 is 2.30 bits per heavy atom. The van der Waals surface area contributed by atoms with Crippen LogP contribution in [-0.2, 0) is 0 Å². The van der Waals surface area contributed by atoms with Gasteiger partial charge in [-0.15, -0.1) is 5.10 Å². The maximum atomic E-state index is 12.8. The molecule has 1 aromatic carbocycles. The van der Waals surface area contributed by atoms with Crippen LogP contribution in [0.15, 0.2) is 34.5 Å². The minimum atomic E-state index is -4.72. The number of halogens is 3. The Labute approximate surface area is 111 Å². The molecule has 6 nitrogen and oxygen atoms in total. The molecule has 1 aliphatic rings. The van der Waals surface area contributed by atoms with Crippen molar-refractivity contribution in [1.29, 1.82) is 10.5 Å². The fraction of sp³-hybridized carbons (Fsp3) is 0.0909. The lowest BCUT2D eigenvalue weighted by molar-refractivity contribution is -0.0578. The summed E-state index contributed by atoms with van der Waals surface area (Å²) < 4.78 is 38.5. The molecule has 0 radical (unpaired) electrons. The Bertz CT molecular complexity index is 659. The van der Waals surface area contributed by atoms with Gasteiger partial charge < -0.3 is 0 Å². The van der Waals surface area contributed by atoms with Crippen molar-refractivity contribution in [1.82, 2.24) is 10.7 Å². The van der Waals surface area contributed by atoms with Gasteiger partial charge in [-0.3, -0.25) is 0 Å². The monoisotopic (exact) mass is 278 g/mol. The van der Waals surface area contributed by atoms with E-state index < -0.39 is 17.6 Å². The maximum absolute atomic E-state index is 12.8. The van der Waals surface area contributed by atoms with E-state index in [0.29, 0.717) is 10.7 Å². The lowest BCUT2D eigenvalue weighted by Gasteiger charge is -2.20. The van der Waals surface area contributed by atoms with Crippen LogP contribution in [0.1, 0.15) is 11.1 Å². The van der Waals surface area contributed by atoms with Gasteiger partial charge in [-0.25, -0.2) is 0 Å². The highest BCUT2D eigenvalue weighted by Crippen LogP contribution is 2.22. The number of hydrogen-bond donors (Lipinski definition) is 1. The number of nitriles is 2. The molecule has 0 saturated carbocycles. The van der Waals surface area contributed by atoms with Crippen molar-refractivity contribution in [3.05, 3.63) is 35.4 Å². The van der Waals surface area contributed by atoms with Gasteiger partial charge in [0.05, 0.1) is 11.6 Å². The van der Waals surface area contributed by atoms with Crippen molar-refractivity contribution in [2.75, 3.05) is 0 Å². The van der Waals surface area contributed by atoms with Crippen LogP contribution < -0.4 is 5.53 Å². The first kappa shape index (κ1) is 13.4. The van der Waals surface area contributed by atoms with Crippen molar-refractivity contribution < 1.29 is 13.2 Å². The molecule has 0 spiro atoms. The summed E-state index contributed by atoms with van der Waals surface area (Å²) in [6.45, 7) is 0. The molecule has 100 valence electrons. The standard InChI is InChI=1S/C11H5F3N6/c12-11(13,14)10-9(18-20(6-16)19-17-10)8-3-1-7(5-15)2-4-8/h1-4,19H. The van der Waals surface area contributed by atoms with E-state index >= 15 is 0 Å². The second kappa shape index (κ2) is 4.90. The molecule has 0 aromatic heterocycles. The molecule has 0 amide bonds. The molecular weight excluding hydrogens is 273 g/mol. The summed E-state index contributed by atoms with van der Waals surface area (Å²) in [6.07, 6.45) is -3.21. The first-order valence-electron chi connectivity index (χ1n) is 5.15. The Morgan fingerprint density at radius 1 is 1.15 bits per heavy atom.